The quantitative estimate of drug-likeness (QED) is 0.857. The molecule has 0 aliphatic carbocycles. The summed E-state index contributed by atoms with van der Waals surface area (Å²) in [4.78, 5) is 13.7. The fourth-order valence-electron chi connectivity index (χ4n) is 2.15. The summed E-state index contributed by atoms with van der Waals surface area (Å²) in [6, 6.07) is 8.06. The summed E-state index contributed by atoms with van der Waals surface area (Å²) >= 11 is 4.50. The topological polar surface area (TPSA) is 72.5 Å². The third-order valence-corrected chi connectivity index (χ3v) is 6.78. The van der Waals surface area contributed by atoms with Crippen LogP contribution in [-0.2, 0) is 27.8 Å². The lowest BCUT2D eigenvalue weighted by Crippen LogP contribution is -2.30. The van der Waals surface area contributed by atoms with Crippen LogP contribution in [0.4, 0.5) is 0 Å². The van der Waals surface area contributed by atoms with Gasteiger partial charge >= 0.3 is 0 Å². The Morgan fingerprint density at radius 2 is 2.09 bits per heavy atom. The van der Waals surface area contributed by atoms with Crippen LogP contribution >= 0.6 is 27.3 Å². The standard InChI is InChI=1S/C14H12BrNO4S2/c15-10-3-1-2-4-13(10)22(18,19)16-14(17)12-7-9-8-20-6-5-11(9)21-12/h1-4,7H,5-6,8H2,(H,16,17). The summed E-state index contributed by atoms with van der Waals surface area (Å²) in [7, 11) is -3.91. The average molecular weight is 402 g/mol. The first-order valence-electron chi connectivity index (χ1n) is 6.48. The van der Waals surface area contributed by atoms with Gasteiger partial charge in [0.2, 0.25) is 0 Å². The molecule has 1 aliphatic rings. The second kappa shape index (κ2) is 6.11. The minimum absolute atomic E-state index is 0.0352. The minimum atomic E-state index is -3.91. The third kappa shape index (κ3) is 3.10. The maximum absolute atomic E-state index is 12.3. The number of sulfonamides is 1. The zero-order valence-electron chi connectivity index (χ0n) is 11.3. The number of benzene rings is 1. The number of hydrogen-bond acceptors (Lipinski definition) is 5. The van der Waals surface area contributed by atoms with E-state index in [1.807, 2.05) is 0 Å². The van der Waals surface area contributed by atoms with Gasteiger partial charge in [-0.2, -0.15) is 0 Å². The SMILES string of the molecule is O=C(NS(=O)(=O)c1ccccc1Br)c1cc2c(s1)CCOC2. The molecule has 0 fully saturated rings. The Hall–Kier alpha value is -1.22. The second-order valence-corrected chi connectivity index (χ2v) is 8.37. The number of ether oxygens (including phenoxy) is 1. The molecule has 1 amide bonds. The molecule has 8 heteroatoms. The van der Waals surface area contributed by atoms with E-state index in [2.05, 4.69) is 20.7 Å². The van der Waals surface area contributed by atoms with Crippen LogP contribution in [0, 0.1) is 0 Å². The van der Waals surface area contributed by atoms with Crippen LogP contribution in [0.25, 0.3) is 0 Å². The van der Waals surface area contributed by atoms with Crippen LogP contribution in [0.15, 0.2) is 39.7 Å². The summed E-state index contributed by atoms with van der Waals surface area (Å²) < 4.78 is 32.4. The van der Waals surface area contributed by atoms with Crippen molar-refractivity contribution in [2.45, 2.75) is 17.9 Å². The number of thiophene rings is 1. The lowest BCUT2D eigenvalue weighted by atomic mass is 10.2. The molecule has 22 heavy (non-hydrogen) atoms. The molecule has 1 aromatic carbocycles. The van der Waals surface area contributed by atoms with Gasteiger partial charge < -0.3 is 4.74 Å². The smallest absolute Gasteiger partial charge is 0.275 e. The van der Waals surface area contributed by atoms with Crippen LogP contribution in [0.1, 0.15) is 20.1 Å². The number of hydrogen-bond donors (Lipinski definition) is 1. The van der Waals surface area contributed by atoms with Crippen molar-refractivity contribution in [2.75, 3.05) is 6.61 Å². The van der Waals surface area contributed by atoms with Crippen LogP contribution in [0.3, 0.4) is 0 Å². The summed E-state index contributed by atoms with van der Waals surface area (Å²) in [5.41, 5.74) is 0.958. The predicted octanol–water partition coefficient (Wildman–Crippen LogP) is 2.70. The number of amides is 1. The van der Waals surface area contributed by atoms with E-state index < -0.39 is 15.9 Å². The molecule has 0 saturated heterocycles. The average Bonchev–Trinajstić information content (AvgIpc) is 2.91. The fraction of sp³-hybridized carbons (Fsp3) is 0.214. The summed E-state index contributed by atoms with van der Waals surface area (Å²) in [5, 5.41) is 0. The molecule has 116 valence electrons. The predicted molar refractivity (Wildman–Crippen MR) is 86.5 cm³/mol. The Bertz CT molecular complexity index is 806. The molecule has 0 unspecified atom stereocenters. The first kappa shape index (κ1) is 15.7. The van der Waals surface area contributed by atoms with Gasteiger partial charge in [-0.05, 0) is 39.7 Å². The number of fused-ring (bicyclic) bond motifs is 1. The van der Waals surface area contributed by atoms with Crippen molar-refractivity contribution in [1.82, 2.24) is 4.72 Å². The monoisotopic (exact) mass is 401 g/mol. The van der Waals surface area contributed by atoms with Crippen LogP contribution in [0.5, 0.6) is 0 Å². The largest absolute Gasteiger partial charge is 0.376 e. The van der Waals surface area contributed by atoms with Gasteiger partial charge in [-0.1, -0.05) is 12.1 Å². The van der Waals surface area contributed by atoms with Crippen molar-refractivity contribution >= 4 is 43.2 Å². The third-order valence-electron chi connectivity index (χ3n) is 3.20. The summed E-state index contributed by atoms with van der Waals surface area (Å²) in [6.07, 6.45) is 0.754. The Morgan fingerprint density at radius 1 is 1.32 bits per heavy atom. The molecular weight excluding hydrogens is 390 g/mol. The van der Waals surface area contributed by atoms with Crippen molar-refractivity contribution in [3.63, 3.8) is 0 Å². The second-order valence-electron chi connectivity index (χ2n) is 4.73. The Kier molecular flexibility index (Phi) is 4.35. The molecule has 0 atom stereocenters. The number of rotatable bonds is 3. The normalized spacial score (nSPS) is 14.4. The van der Waals surface area contributed by atoms with Crippen LogP contribution in [0.2, 0.25) is 0 Å². The molecule has 5 nitrogen and oxygen atoms in total. The minimum Gasteiger partial charge on any atom is -0.376 e. The van der Waals surface area contributed by atoms with Crippen molar-refractivity contribution < 1.29 is 17.9 Å². The van der Waals surface area contributed by atoms with Crippen LogP contribution < -0.4 is 4.72 Å². The van der Waals surface area contributed by atoms with Gasteiger partial charge in [0.15, 0.2) is 0 Å². The Morgan fingerprint density at radius 3 is 2.82 bits per heavy atom. The van der Waals surface area contributed by atoms with Gasteiger partial charge in [-0.25, -0.2) is 13.1 Å². The molecule has 1 aliphatic heterocycles. The zero-order chi connectivity index (χ0) is 15.7. The maximum Gasteiger partial charge on any atom is 0.275 e. The first-order chi connectivity index (χ1) is 10.5. The number of carbonyl (C=O) groups excluding carboxylic acids is 1. The zero-order valence-corrected chi connectivity index (χ0v) is 14.6. The highest BCUT2D eigenvalue weighted by molar-refractivity contribution is 9.10. The van der Waals surface area contributed by atoms with E-state index in [1.165, 1.54) is 17.4 Å². The van der Waals surface area contributed by atoms with E-state index in [1.54, 1.807) is 24.3 Å². The van der Waals surface area contributed by atoms with Gasteiger partial charge in [-0.3, -0.25) is 4.79 Å². The van der Waals surface area contributed by atoms with Gasteiger partial charge in [0.1, 0.15) is 4.90 Å². The number of nitrogens with one attached hydrogen (secondary N) is 1. The van der Waals surface area contributed by atoms with Gasteiger partial charge in [0, 0.05) is 15.8 Å². The van der Waals surface area contributed by atoms with Crippen molar-refractivity contribution in [3.8, 4) is 0 Å². The number of halogens is 1. The van der Waals surface area contributed by atoms with E-state index in [9.17, 15) is 13.2 Å². The molecule has 0 saturated carbocycles. The number of carbonyl (C=O) groups is 1. The van der Waals surface area contributed by atoms with Gasteiger partial charge in [0.05, 0.1) is 18.1 Å². The van der Waals surface area contributed by atoms with E-state index >= 15 is 0 Å². The molecule has 1 aromatic heterocycles. The van der Waals surface area contributed by atoms with E-state index in [4.69, 9.17) is 4.74 Å². The first-order valence-corrected chi connectivity index (χ1v) is 9.57. The fourth-order valence-corrected chi connectivity index (χ4v) is 5.23. The van der Waals surface area contributed by atoms with Crippen molar-refractivity contribution in [2.24, 2.45) is 0 Å². The highest BCUT2D eigenvalue weighted by Gasteiger charge is 2.23. The molecule has 2 heterocycles. The molecular formula is C14H12BrNO4S2. The van der Waals surface area contributed by atoms with E-state index in [0.717, 1.165) is 16.9 Å². The van der Waals surface area contributed by atoms with E-state index in [-0.39, 0.29) is 4.90 Å². The Balaban J connectivity index is 1.85. The molecule has 0 bridgehead atoms. The molecule has 0 spiro atoms. The van der Waals surface area contributed by atoms with Crippen LogP contribution in [-0.4, -0.2) is 20.9 Å². The van der Waals surface area contributed by atoms with Crippen molar-refractivity contribution in [3.05, 3.63) is 50.1 Å². The lowest BCUT2D eigenvalue weighted by molar-refractivity contribution is 0.0984. The summed E-state index contributed by atoms with van der Waals surface area (Å²) in [5.74, 6) is -0.616. The lowest BCUT2D eigenvalue weighted by Gasteiger charge is -2.10. The maximum atomic E-state index is 12.3. The van der Waals surface area contributed by atoms with Crippen molar-refractivity contribution in [1.29, 1.82) is 0 Å². The summed E-state index contributed by atoms with van der Waals surface area (Å²) in [6.45, 7) is 1.10. The van der Waals surface area contributed by atoms with E-state index in [0.29, 0.717) is 22.6 Å². The Labute approximate surface area is 140 Å². The molecule has 3 rings (SSSR count). The highest BCUT2D eigenvalue weighted by Crippen LogP contribution is 2.27. The van der Waals surface area contributed by atoms with Gasteiger partial charge in [0.25, 0.3) is 15.9 Å². The highest BCUT2D eigenvalue weighted by atomic mass is 79.9. The molecule has 2 aromatic rings. The van der Waals surface area contributed by atoms with Gasteiger partial charge in [-0.15, -0.1) is 11.3 Å². The molecule has 0 radical (unpaired) electrons. The molecule has 1 N–H and O–H groups in total.